The molecular formula is C22H22ClN7O2. The van der Waals surface area contributed by atoms with Crippen molar-refractivity contribution in [3.8, 4) is 29.1 Å². The van der Waals surface area contributed by atoms with Gasteiger partial charge < -0.3 is 21.1 Å². The Kier molecular flexibility index (Phi) is 5.88. The molecular weight excluding hydrogens is 430 g/mol. The molecule has 2 aromatic heterocycles. The highest BCUT2D eigenvalue weighted by Crippen LogP contribution is 2.34. The van der Waals surface area contributed by atoms with Gasteiger partial charge in [0, 0.05) is 23.9 Å². The molecule has 32 heavy (non-hydrogen) atoms. The molecule has 4 rings (SSSR count). The van der Waals surface area contributed by atoms with E-state index in [9.17, 15) is 10.1 Å². The summed E-state index contributed by atoms with van der Waals surface area (Å²) in [5.41, 5.74) is 13.2. The number of hydrogen-bond donors (Lipinski definition) is 2. The topological polar surface area (TPSA) is 136 Å². The second-order valence-electron chi connectivity index (χ2n) is 7.69. The van der Waals surface area contributed by atoms with Gasteiger partial charge in [0.1, 0.15) is 22.8 Å². The number of carbonyl (C=O) groups is 1. The van der Waals surface area contributed by atoms with E-state index in [-0.39, 0.29) is 23.5 Å². The molecule has 0 saturated carbocycles. The van der Waals surface area contributed by atoms with E-state index in [0.29, 0.717) is 34.5 Å². The molecule has 0 radical (unpaired) electrons. The van der Waals surface area contributed by atoms with Gasteiger partial charge in [-0.25, -0.2) is 9.67 Å². The van der Waals surface area contributed by atoms with E-state index in [1.165, 1.54) is 6.20 Å². The first kappa shape index (κ1) is 21.5. The molecule has 0 aliphatic carbocycles. The molecule has 1 aliphatic rings. The van der Waals surface area contributed by atoms with Gasteiger partial charge in [0.2, 0.25) is 5.88 Å². The van der Waals surface area contributed by atoms with Crippen LogP contribution in [0.25, 0.3) is 11.3 Å². The molecule has 9 nitrogen and oxygen atoms in total. The molecule has 0 spiro atoms. The zero-order chi connectivity index (χ0) is 22.8. The Morgan fingerprint density at radius 2 is 2.00 bits per heavy atom. The number of halogens is 1. The van der Waals surface area contributed by atoms with Crippen LogP contribution in [0.5, 0.6) is 11.6 Å². The highest BCUT2D eigenvalue weighted by Gasteiger charge is 2.30. The van der Waals surface area contributed by atoms with Crippen molar-refractivity contribution in [1.29, 1.82) is 5.26 Å². The number of piperidine rings is 1. The average Bonchev–Trinajstić information content (AvgIpc) is 3.13. The van der Waals surface area contributed by atoms with Crippen LogP contribution in [0.2, 0.25) is 5.02 Å². The molecule has 3 aromatic rings. The van der Waals surface area contributed by atoms with Gasteiger partial charge in [-0.1, -0.05) is 11.6 Å². The lowest BCUT2D eigenvalue weighted by atomic mass is 10.00. The number of nitriles is 1. The number of amides is 1. The number of aromatic nitrogens is 3. The number of primary amides is 1. The van der Waals surface area contributed by atoms with Crippen LogP contribution >= 0.6 is 11.6 Å². The third-order valence-electron chi connectivity index (χ3n) is 5.58. The Balaban J connectivity index is 1.63. The quantitative estimate of drug-likeness (QED) is 0.565. The van der Waals surface area contributed by atoms with Crippen LogP contribution in [-0.2, 0) is 0 Å². The van der Waals surface area contributed by atoms with Crippen molar-refractivity contribution in [2.24, 2.45) is 5.73 Å². The lowest BCUT2D eigenvalue weighted by Crippen LogP contribution is -2.39. The Morgan fingerprint density at radius 3 is 2.62 bits per heavy atom. The highest BCUT2D eigenvalue weighted by molar-refractivity contribution is 6.30. The molecule has 1 amide bonds. The fraction of sp³-hybridized carbons (Fsp3) is 0.273. The standard InChI is InChI=1S/C22H22ClN7O2/c1-13-2-6-16(11-29(13)12-24)30-21(25)19(22(26)31)20(28-30)14-3-7-17(8-4-14)32-18-9-5-15(23)10-27-18/h3-5,7-10,13,16H,2,6,11,25H2,1H3,(H2,26,31)/t13-,16+/m0/s1. The summed E-state index contributed by atoms with van der Waals surface area (Å²) < 4.78 is 7.33. The summed E-state index contributed by atoms with van der Waals surface area (Å²) in [6.45, 7) is 2.48. The maximum atomic E-state index is 12.2. The summed E-state index contributed by atoms with van der Waals surface area (Å²) in [7, 11) is 0. The first-order valence-corrected chi connectivity index (χ1v) is 10.5. The number of anilines is 1. The molecule has 1 aromatic carbocycles. The molecule has 1 aliphatic heterocycles. The number of carbonyl (C=O) groups excluding carboxylic acids is 1. The average molecular weight is 452 g/mol. The van der Waals surface area contributed by atoms with E-state index in [0.717, 1.165) is 12.8 Å². The summed E-state index contributed by atoms with van der Waals surface area (Å²) >= 11 is 5.84. The number of benzene rings is 1. The van der Waals surface area contributed by atoms with Gasteiger partial charge in [0.25, 0.3) is 5.91 Å². The predicted octanol–water partition coefficient (Wildman–Crippen LogP) is 3.58. The fourth-order valence-corrected chi connectivity index (χ4v) is 3.93. The van der Waals surface area contributed by atoms with Crippen molar-refractivity contribution in [2.45, 2.75) is 31.8 Å². The monoisotopic (exact) mass is 451 g/mol. The van der Waals surface area contributed by atoms with Crippen molar-refractivity contribution in [3.05, 3.63) is 53.2 Å². The van der Waals surface area contributed by atoms with Gasteiger partial charge in [-0.2, -0.15) is 10.4 Å². The highest BCUT2D eigenvalue weighted by atomic mass is 35.5. The number of ether oxygens (including phenoxy) is 1. The van der Waals surface area contributed by atoms with Crippen LogP contribution in [0.15, 0.2) is 42.6 Å². The third kappa shape index (κ3) is 4.18. The maximum Gasteiger partial charge on any atom is 0.254 e. The van der Waals surface area contributed by atoms with Crippen LogP contribution in [-0.4, -0.2) is 38.2 Å². The van der Waals surface area contributed by atoms with Gasteiger partial charge in [-0.15, -0.1) is 0 Å². The Morgan fingerprint density at radius 1 is 1.25 bits per heavy atom. The van der Waals surface area contributed by atoms with Crippen molar-refractivity contribution in [3.63, 3.8) is 0 Å². The summed E-state index contributed by atoms with van der Waals surface area (Å²) in [5.74, 6) is 0.510. The molecule has 0 bridgehead atoms. The predicted molar refractivity (Wildman–Crippen MR) is 120 cm³/mol. The molecule has 1 fully saturated rings. The van der Waals surface area contributed by atoms with Crippen molar-refractivity contribution < 1.29 is 9.53 Å². The first-order chi connectivity index (χ1) is 15.4. The number of nitrogens with zero attached hydrogens (tertiary/aromatic N) is 5. The zero-order valence-corrected chi connectivity index (χ0v) is 18.2. The van der Waals surface area contributed by atoms with Gasteiger partial charge in [0.15, 0.2) is 6.19 Å². The van der Waals surface area contributed by atoms with Crippen molar-refractivity contribution in [1.82, 2.24) is 19.7 Å². The van der Waals surface area contributed by atoms with E-state index >= 15 is 0 Å². The second kappa shape index (κ2) is 8.77. The number of nitrogen functional groups attached to an aromatic ring is 1. The van der Waals surface area contributed by atoms with Crippen LogP contribution in [0.1, 0.15) is 36.2 Å². The lowest BCUT2D eigenvalue weighted by Gasteiger charge is -2.34. The lowest BCUT2D eigenvalue weighted by molar-refractivity contribution is 0.100. The molecule has 164 valence electrons. The second-order valence-corrected chi connectivity index (χ2v) is 8.13. The minimum absolute atomic E-state index is 0.128. The molecule has 2 atom stereocenters. The zero-order valence-electron chi connectivity index (χ0n) is 17.4. The van der Waals surface area contributed by atoms with Crippen molar-refractivity contribution >= 4 is 23.3 Å². The Labute approximate surface area is 190 Å². The smallest absolute Gasteiger partial charge is 0.254 e. The minimum Gasteiger partial charge on any atom is -0.439 e. The number of nitrogens with two attached hydrogens (primary N) is 2. The molecule has 4 N–H and O–H groups in total. The van der Waals surface area contributed by atoms with Crippen LogP contribution in [0.4, 0.5) is 5.82 Å². The van der Waals surface area contributed by atoms with E-state index in [1.54, 1.807) is 46.0 Å². The Bertz CT molecular complexity index is 1170. The maximum absolute atomic E-state index is 12.2. The summed E-state index contributed by atoms with van der Waals surface area (Å²) in [4.78, 5) is 18.0. The van der Waals surface area contributed by atoms with Crippen LogP contribution in [0, 0.1) is 11.5 Å². The molecule has 1 saturated heterocycles. The summed E-state index contributed by atoms with van der Waals surface area (Å²) in [5, 5.41) is 14.5. The van der Waals surface area contributed by atoms with Crippen LogP contribution < -0.4 is 16.2 Å². The summed E-state index contributed by atoms with van der Waals surface area (Å²) in [6.07, 6.45) is 5.33. The van der Waals surface area contributed by atoms with Gasteiger partial charge in [-0.05, 0) is 50.1 Å². The first-order valence-electron chi connectivity index (χ1n) is 10.1. The number of hydrogen-bond acceptors (Lipinski definition) is 7. The van der Waals surface area contributed by atoms with E-state index in [4.69, 9.17) is 27.8 Å². The number of pyridine rings is 1. The fourth-order valence-electron chi connectivity index (χ4n) is 3.82. The van der Waals surface area contributed by atoms with Gasteiger partial charge in [0.05, 0.1) is 17.6 Å². The van der Waals surface area contributed by atoms with Crippen molar-refractivity contribution in [2.75, 3.05) is 12.3 Å². The SMILES string of the molecule is C[C@H]1CC[C@@H](n2nc(-c3ccc(Oc4ccc(Cl)cn4)cc3)c(C(N)=O)c2N)CN1C#N. The number of rotatable bonds is 5. The summed E-state index contributed by atoms with van der Waals surface area (Å²) in [6, 6.07) is 10.4. The van der Waals surface area contributed by atoms with E-state index in [1.807, 2.05) is 6.92 Å². The van der Waals surface area contributed by atoms with E-state index in [2.05, 4.69) is 16.3 Å². The van der Waals surface area contributed by atoms with Crippen LogP contribution in [0.3, 0.4) is 0 Å². The largest absolute Gasteiger partial charge is 0.439 e. The molecule has 10 heteroatoms. The van der Waals surface area contributed by atoms with Gasteiger partial charge in [-0.3, -0.25) is 4.79 Å². The third-order valence-corrected chi connectivity index (χ3v) is 5.80. The Hall–Kier alpha value is -3.77. The minimum atomic E-state index is -0.657. The molecule has 3 heterocycles. The number of likely N-dealkylation sites (tertiary alicyclic amines) is 1. The van der Waals surface area contributed by atoms with E-state index < -0.39 is 5.91 Å². The molecule has 0 unspecified atom stereocenters. The normalized spacial score (nSPS) is 18.2. The van der Waals surface area contributed by atoms with Gasteiger partial charge >= 0.3 is 0 Å².